The molecule has 5 heteroatoms. The van der Waals surface area contributed by atoms with Crippen molar-refractivity contribution in [2.24, 2.45) is 0 Å². The van der Waals surface area contributed by atoms with Gasteiger partial charge in [0.2, 0.25) is 0 Å². The summed E-state index contributed by atoms with van der Waals surface area (Å²) < 4.78 is 5.03. The van der Waals surface area contributed by atoms with Crippen LogP contribution in [-0.2, 0) is 16.0 Å². The molecular formula is C28H30N2O3. The average molecular weight is 443 g/mol. The minimum atomic E-state index is -0.323. The van der Waals surface area contributed by atoms with E-state index in [0.717, 1.165) is 30.5 Å². The fourth-order valence-electron chi connectivity index (χ4n) is 4.48. The van der Waals surface area contributed by atoms with E-state index in [0.29, 0.717) is 18.5 Å². The number of carbonyl (C=O) groups is 2. The van der Waals surface area contributed by atoms with Gasteiger partial charge in [0, 0.05) is 18.2 Å². The summed E-state index contributed by atoms with van der Waals surface area (Å²) in [6.45, 7) is 1.43. The Morgan fingerprint density at radius 3 is 2.21 bits per heavy atom. The van der Waals surface area contributed by atoms with Crippen molar-refractivity contribution in [3.63, 3.8) is 0 Å². The second-order valence-corrected chi connectivity index (χ2v) is 8.47. The number of benzene rings is 3. The van der Waals surface area contributed by atoms with E-state index in [1.165, 1.54) is 12.7 Å². The van der Waals surface area contributed by atoms with Crippen LogP contribution in [0.4, 0.5) is 0 Å². The Morgan fingerprint density at radius 2 is 1.55 bits per heavy atom. The molecule has 0 aliphatic carbocycles. The van der Waals surface area contributed by atoms with Gasteiger partial charge in [-0.1, -0.05) is 72.8 Å². The van der Waals surface area contributed by atoms with E-state index in [1.807, 2.05) is 72.8 Å². The number of nitrogens with zero attached hydrogens (tertiary/aromatic N) is 1. The maximum atomic E-state index is 12.9. The number of esters is 1. The van der Waals surface area contributed by atoms with E-state index in [-0.39, 0.29) is 24.0 Å². The minimum absolute atomic E-state index is 0.0906. The number of rotatable bonds is 8. The molecule has 2 atom stereocenters. The molecule has 1 fully saturated rings. The normalized spacial score (nSPS) is 18.1. The molecule has 1 amide bonds. The highest BCUT2D eigenvalue weighted by Crippen LogP contribution is 2.22. The van der Waals surface area contributed by atoms with Crippen LogP contribution in [0.5, 0.6) is 0 Å². The van der Waals surface area contributed by atoms with E-state index in [1.54, 1.807) is 0 Å². The Hall–Kier alpha value is -3.44. The van der Waals surface area contributed by atoms with Gasteiger partial charge < -0.3 is 10.1 Å². The van der Waals surface area contributed by atoms with Gasteiger partial charge in [0.1, 0.15) is 6.04 Å². The van der Waals surface area contributed by atoms with Crippen LogP contribution in [0.25, 0.3) is 11.1 Å². The van der Waals surface area contributed by atoms with Crippen molar-refractivity contribution in [1.29, 1.82) is 0 Å². The predicted molar refractivity (Wildman–Crippen MR) is 130 cm³/mol. The molecule has 3 aromatic carbocycles. The van der Waals surface area contributed by atoms with Crippen LogP contribution in [0.2, 0.25) is 0 Å². The smallest absolute Gasteiger partial charge is 0.323 e. The van der Waals surface area contributed by atoms with Crippen molar-refractivity contribution in [2.45, 2.75) is 31.3 Å². The first-order valence-electron chi connectivity index (χ1n) is 11.5. The highest BCUT2D eigenvalue weighted by atomic mass is 16.5. The predicted octanol–water partition coefficient (Wildman–Crippen LogP) is 4.33. The number of hydrogen-bond acceptors (Lipinski definition) is 4. The minimum Gasteiger partial charge on any atom is -0.468 e. The molecule has 0 spiro atoms. The first kappa shape index (κ1) is 22.7. The molecule has 1 aliphatic heterocycles. The quantitative estimate of drug-likeness (QED) is 0.528. The van der Waals surface area contributed by atoms with Gasteiger partial charge in [-0.15, -0.1) is 0 Å². The molecule has 1 heterocycles. The van der Waals surface area contributed by atoms with Gasteiger partial charge in [0.15, 0.2) is 0 Å². The largest absolute Gasteiger partial charge is 0.468 e. The molecule has 4 rings (SSSR count). The number of ether oxygens (including phenoxy) is 1. The molecule has 0 saturated carbocycles. The van der Waals surface area contributed by atoms with E-state index < -0.39 is 0 Å². The fourth-order valence-corrected chi connectivity index (χ4v) is 4.48. The van der Waals surface area contributed by atoms with Gasteiger partial charge in [0.25, 0.3) is 5.91 Å². The number of nitrogens with one attached hydrogen (secondary N) is 1. The van der Waals surface area contributed by atoms with Crippen molar-refractivity contribution in [3.8, 4) is 11.1 Å². The Bertz CT molecular complexity index is 1050. The van der Waals surface area contributed by atoms with Crippen LogP contribution in [-0.4, -0.2) is 49.1 Å². The van der Waals surface area contributed by atoms with Gasteiger partial charge in [-0.2, -0.15) is 0 Å². The summed E-state index contributed by atoms with van der Waals surface area (Å²) in [4.78, 5) is 27.3. The van der Waals surface area contributed by atoms with Crippen molar-refractivity contribution in [1.82, 2.24) is 10.2 Å². The second-order valence-electron chi connectivity index (χ2n) is 8.47. The lowest BCUT2D eigenvalue weighted by molar-refractivity contribution is -0.145. The van der Waals surface area contributed by atoms with Crippen molar-refractivity contribution in [2.75, 3.05) is 20.2 Å². The zero-order chi connectivity index (χ0) is 23.0. The highest BCUT2D eigenvalue weighted by Gasteiger charge is 2.37. The molecule has 3 aromatic rings. The van der Waals surface area contributed by atoms with Crippen LogP contribution in [0.3, 0.4) is 0 Å². The summed E-state index contributed by atoms with van der Waals surface area (Å²) in [6.07, 6.45) is 2.46. The summed E-state index contributed by atoms with van der Waals surface area (Å²) in [5.41, 5.74) is 4.10. The molecule has 0 radical (unpaired) electrons. The first-order valence-corrected chi connectivity index (χ1v) is 11.5. The van der Waals surface area contributed by atoms with E-state index in [9.17, 15) is 9.59 Å². The summed E-state index contributed by atoms with van der Waals surface area (Å²) >= 11 is 0. The standard InChI is InChI=1S/C28H30N2O3/c1-33-28(32)26-19-25(20-30(26)18-8-11-21-9-4-2-5-10-21)29-27(31)24-16-14-23(15-17-24)22-12-6-3-7-13-22/h2-7,9-10,12-17,25-26H,8,11,18-20H2,1H3,(H,29,31)/t25-,26+/m1/s1. The highest BCUT2D eigenvalue weighted by molar-refractivity contribution is 5.95. The monoisotopic (exact) mass is 442 g/mol. The Morgan fingerprint density at radius 1 is 0.909 bits per heavy atom. The van der Waals surface area contributed by atoms with Crippen LogP contribution in [0.15, 0.2) is 84.9 Å². The maximum Gasteiger partial charge on any atom is 0.323 e. The van der Waals surface area contributed by atoms with E-state index >= 15 is 0 Å². The topological polar surface area (TPSA) is 58.6 Å². The number of likely N-dealkylation sites (tertiary alicyclic amines) is 1. The number of aryl methyl sites for hydroxylation is 1. The van der Waals surface area contributed by atoms with Gasteiger partial charge in [-0.3, -0.25) is 14.5 Å². The number of hydrogen-bond donors (Lipinski definition) is 1. The van der Waals surface area contributed by atoms with Crippen molar-refractivity contribution >= 4 is 11.9 Å². The third-order valence-electron chi connectivity index (χ3n) is 6.22. The molecule has 0 aromatic heterocycles. The SMILES string of the molecule is COC(=O)[C@@H]1C[C@@H](NC(=O)c2ccc(-c3ccccc3)cc2)CN1CCCc1ccccc1. The van der Waals surface area contributed by atoms with E-state index in [4.69, 9.17) is 4.74 Å². The zero-order valence-corrected chi connectivity index (χ0v) is 18.9. The second kappa shape index (κ2) is 10.9. The molecule has 1 aliphatic rings. The fraction of sp³-hybridized carbons (Fsp3) is 0.286. The molecule has 0 unspecified atom stereocenters. The van der Waals surface area contributed by atoms with Crippen molar-refractivity contribution < 1.29 is 14.3 Å². The van der Waals surface area contributed by atoms with Gasteiger partial charge in [-0.05, 0) is 54.6 Å². The van der Waals surface area contributed by atoms with Crippen molar-refractivity contribution in [3.05, 3.63) is 96.1 Å². The van der Waals surface area contributed by atoms with Gasteiger partial charge >= 0.3 is 5.97 Å². The summed E-state index contributed by atoms with van der Waals surface area (Å²) in [6, 6.07) is 27.6. The van der Waals surface area contributed by atoms with Gasteiger partial charge in [0.05, 0.1) is 7.11 Å². The molecule has 5 nitrogen and oxygen atoms in total. The van der Waals surface area contributed by atoms with Crippen LogP contribution in [0.1, 0.15) is 28.8 Å². The number of amides is 1. The lowest BCUT2D eigenvalue weighted by atomic mass is 10.0. The average Bonchev–Trinajstić information content (AvgIpc) is 3.27. The maximum absolute atomic E-state index is 12.9. The third kappa shape index (κ3) is 5.88. The van der Waals surface area contributed by atoms with Gasteiger partial charge in [-0.25, -0.2) is 0 Å². The lowest BCUT2D eigenvalue weighted by Gasteiger charge is -2.22. The molecule has 0 bridgehead atoms. The number of methoxy groups -OCH3 is 1. The Kier molecular flexibility index (Phi) is 7.53. The molecular weight excluding hydrogens is 412 g/mol. The number of carbonyl (C=O) groups excluding carboxylic acids is 2. The zero-order valence-electron chi connectivity index (χ0n) is 18.9. The third-order valence-corrected chi connectivity index (χ3v) is 6.22. The molecule has 33 heavy (non-hydrogen) atoms. The summed E-state index contributed by atoms with van der Waals surface area (Å²) in [7, 11) is 1.42. The van der Waals surface area contributed by atoms with E-state index in [2.05, 4.69) is 22.3 Å². The first-order chi connectivity index (χ1) is 16.1. The Balaban J connectivity index is 1.35. The van der Waals surface area contributed by atoms with Crippen LogP contribution < -0.4 is 5.32 Å². The van der Waals surface area contributed by atoms with Crippen LogP contribution in [0, 0.1) is 0 Å². The summed E-state index contributed by atoms with van der Waals surface area (Å²) in [5.74, 6) is -0.354. The summed E-state index contributed by atoms with van der Waals surface area (Å²) in [5, 5.41) is 3.11. The lowest BCUT2D eigenvalue weighted by Crippen LogP contribution is -2.38. The molecule has 170 valence electrons. The molecule has 1 saturated heterocycles. The molecule has 1 N–H and O–H groups in total. The Labute approximate surface area is 195 Å². The van der Waals surface area contributed by atoms with Crippen LogP contribution >= 0.6 is 0 Å².